The zero-order valence-electron chi connectivity index (χ0n) is 16.5. The van der Waals surface area contributed by atoms with Crippen LogP contribution in [-0.4, -0.2) is 29.8 Å². The molecule has 1 aliphatic rings. The van der Waals surface area contributed by atoms with E-state index in [1.807, 2.05) is 36.6 Å². The third kappa shape index (κ3) is 3.83. The Bertz CT molecular complexity index is 1160. The molecule has 1 amide bonds. The van der Waals surface area contributed by atoms with Gasteiger partial charge in [-0.2, -0.15) is 20.3 Å². The molecule has 0 spiro atoms. The Kier molecular flexibility index (Phi) is 5.61. The maximum Gasteiger partial charge on any atom is 0.282 e. The highest BCUT2D eigenvalue weighted by Crippen LogP contribution is 2.32. The SMILES string of the molecule is COc1ccc(-c2csc(N3N=C(C)[C@H](N=Nc4cccc(Cl)c4C)C3=O)n2)cc1. The Morgan fingerprint density at radius 2 is 1.93 bits per heavy atom. The lowest BCUT2D eigenvalue weighted by molar-refractivity contribution is -0.117. The van der Waals surface area contributed by atoms with Crippen molar-refractivity contribution in [2.24, 2.45) is 15.3 Å². The van der Waals surface area contributed by atoms with Gasteiger partial charge in [-0.05, 0) is 55.8 Å². The van der Waals surface area contributed by atoms with Crippen LogP contribution in [0.4, 0.5) is 10.8 Å². The number of halogens is 1. The number of aromatic nitrogens is 1. The molecule has 2 heterocycles. The molecular formula is C21H18ClN5O2S. The molecule has 0 radical (unpaired) electrons. The fraction of sp³-hybridized carbons (Fsp3) is 0.190. The lowest BCUT2D eigenvalue weighted by Gasteiger charge is -2.08. The van der Waals surface area contributed by atoms with E-state index >= 15 is 0 Å². The Balaban J connectivity index is 1.54. The smallest absolute Gasteiger partial charge is 0.282 e. The van der Waals surface area contributed by atoms with E-state index in [1.54, 1.807) is 32.2 Å². The van der Waals surface area contributed by atoms with Crippen LogP contribution in [0, 0.1) is 6.92 Å². The first-order valence-electron chi connectivity index (χ1n) is 9.13. The highest BCUT2D eigenvalue weighted by Gasteiger charge is 2.36. The molecule has 2 aromatic carbocycles. The third-order valence-electron chi connectivity index (χ3n) is 4.68. The van der Waals surface area contributed by atoms with E-state index in [0.717, 1.165) is 22.6 Å². The molecule has 9 heteroatoms. The van der Waals surface area contributed by atoms with Gasteiger partial charge in [0.2, 0.25) is 5.13 Å². The predicted octanol–water partition coefficient (Wildman–Crippen LogP) is 5.66. The molecule has 1 atom stereocenters. The van der Waals surface area contributed by atoms with Gasteiger partial charge in [0.25, 0.3) is 5.91 Å². The molecule has 0 saturated carbocycles. The minimum Gasteiger partial charge on any atom is -0.497 e. The summed E-state index contributed by atoms with van der Waals surface area (Å²) in [4.78, 5) is 17.5. The van der Waals surface area contributed by atoms with Gasteiger partial charge in [0.05, 0.1) is 24.2 Å². The van der Waals surface area contributed by atoms with Crippen molar-refractivity contribution in [2.45, 2.75) is 19.9 Å². The summed E-state index contributed by atoms with van der Waals surface area (Å²) in [5.74, 6) is 0.485. The monoisotopic (exact) mass is 439 g/mol. The van der Waals surface area contributed by atoms with E-state index in [9.17, 15) is 4.79 Å². The number of carbonyl (C=O) groups excluding carboxylic acids is 1. The minimum absolute atomic E-state index is 0.286. The van der Waals surface area contributed by atoms with Crippen molar-refractivity contribution in [2.75, 3.05) is 12.1 Å². The second-order valence-corrected chi connectivity index (χ2v) is 7.88. The number of hydrogen-bond donors (Lipinski definition) is 0. The van der Waals surface area contributed by atoms with Gasteiger partial charge in [-0.1, -0.05) is 17.7 Å². The number of hydrogen-bond acceptors (Lipinski definition) is 7. The fourth-order valence-corrected chi connectivity index (χ4v) is 3.86. The number of carbonyl (C=O) groups is 1. The van der Waals surface area contributed by atoms with Crippen molar-refractivity contribution >= 4 is 45.4 Å². The highest BCUT2D eigenvalue weighted by molar-refractivity contribution is 7.14. The molecule has 30 heavy (non-hydrogen) atoms. The molecule has 7 nitrogen and oxygen atoms in total. The van der Waals surface area contributed by atoms with Crippen LogP contribution in [0.5, 0.6) is 5.75 Å². The Morgan fingerprint density at radius 1 is 1.17 bits per heavy atom. The molecule has 1 aromatic heterocycles. The van der Waals surface area contributed by atoms with E-state index in [4.69, 9.17) is 16.3 Å². The average molecular weight is 440 g/mol. The number of thiazole rings is 1. The number of ether oxygens (including phenoxy) is 1. The molecule has 0 N–H and O–H groups in total. The summed E-state index contributed by atoms with van der Waals surface area (Å²) in [5, 5.41) is 17.1. The molecule has 1 aliphatic heterocycles. The number of hydrazone groups is 1. The van der Waals surface area contributed by atoms with Crippen LogP contribution in [0.3, 0.4) is 0 Å². The highest BCUT2D eigenvalue weighted by atomic mass is 35.5. The normalized spacial score (nSPS) is 16.4. The topological polar surface area (TPSA) is 79.5 Å². The van der Waals surface area contributed by atoms with Gasteiger partial charge in [0.15, 0.2) is 6.04 Å². The van der Waals surface area contributed by atoms with Crippen LogP contribution >= 0.6 is 22.9 Å². The molecule has 0 aliphatic carbocycles. The summed E-state index contributed by atoms with van der Waals surface area (Å²) in [6, 6.07) is 12.2. The van der Waals surface area contributed by atoms with Crippen LogP contribution in [-0.2, 0) is 4.79 Å². The van der Waals surface area contributed by atoms with Crippen molar-refractivity contribution in [1.29, 1.82) is 0 Å². The van der Waals surface area contributed by atoms with Crippen LogP contribution in [0.2, 0.25) is 5.02 Å². The Hall–Kier alpha value is -3.10. The van der Waals surface area contributed by atoms with E-state index in [0.29, 0.717) is 21.6 Å². The maximum atomic E-state index is 12.9. The first kappa shape index (κ1) is 20.2. The van der Waals surface area contributed by atoms with Gasteiger partial charge < -0.3 is 4.74 Å². The number of nitrogens with zero attached hydrogens (tertiary/aromatic N) is 5. The second-order valence-electron chi connectivity index (χ2n) is 6.64. The number of benzene rings is 2. The fourth-order valence-electron chi connectivity index (χ4n) is 2.91. The van der Waals surface area contributed by atoms with Crippen molar-refractivity contribution < 1.29 is 9.53 Å². The predicted molar refractivity (Wildman–Crippen MR) is 119 cm³/mol. The Labute approximate surface area is 182 Å². The standard InChI is InChI=1S/C21H18ClN5O2S/c1-12-16(22)5-4-6-17(12)24-25-19-13(2)26-27(20(19)28)21-23-18(11-30-21)14-7-9-15(29-3)10-8-14/h4-11,19H,1-3H3/t19-/m0/s1. The van der Waals surface area contributed by atoms with Crippen molar-refractivity contribution in [3.8, 4) is 17.0 Å². The van der Waals surface area contributed by atoms with Gasteiger partial charge in [-0.25, -0.2) is 4.98 Å². The number of anilines is 1. The third-order valence-corrected chi connectivity index (χ3v) is 5.90. The first-order chi connectivity index (χ1) is 14.5. The minimum atomic E-state index is -0.781. The number of rotatable bonds is 5. The van der Waals surface area contributed by atoms with Crippen molar-refractivity contribution in [1.82, 2.24) is 4.98 Å². The molecule has 0 saturated heterocycles. The number of azo groups is 1. The van der Waals surface area contributed by atoms with Crippen molar-refractivity contribution in [3.05, 3.63) is 58.4 Å². The van der Waals surface area contributed by atoms with E-state index in [2.05, 4.69) is 20.3 Å². The first-order valence-corrected chi connectivity index (χ1v) is 10.4. The molecule has 3 aromatic rings. The summed E-state index contributed by atoms with van der Waals surface area (Å²) in [6.07, 6.45) is 0. The van der Waals surface area contributed by atoms with E-state index in [-0.39, 0.29) is 5.91 Å². The van der Waals surface area contributed by atoms with Gasteiger partial charge >= 0.3 is 0 Å². The van der Waals surface area contributed by atoms with Crippen LogP contribution in [0.15, 0.2) is 63.2 Å². The maximum absolute atomic E-state index is 12.9. The number of methoxy groups -OCH3 is 1. The van der Waals surface area contributed by atoms with Gasteiger partial charge in [0, 0.05) is 16.0 Å². The second kappa shape index (κ2) is 8.33. The van der Waals surface area contributed by atoms with Crippen LogP contribution in [0.25, 0.3) is 11.3 Å². The zero-order valence-corrected chi connectivity index (χ0v) is 18.1. The van der Waals surface area contributed by atoms with Crippen molar-refractivity contribution in [3.63, 3.8) is 0 Å². The van der Waals surface area contributed by atoms with Gasteiger partial charge in [-0.3, -0.25) is 4.79 Å². The molecule has 152 valence electrons. The average Bonchev–Trinajstić information content (AvgIpc) is 3.34. The quantitative estimate of drug-likeness (QED) is 0.481. The van der Waals surface area contributed by atoms with E-state index in [1.165, 1.54) is 16.3 Å². The molecule has 0 fully saturated rings. The van der Waals surface area contributed by atoms with Gasteiger partial charge in [-0.15, -0.1) is 11.3 Å². The van der Waals surface area contributed by atoms with Crippen LogP contribution < -0.4 is 9.75 Å². The summed E-state index contributed by atoms with van der Waals surface area (Å²) >= 11 is 7.47. The molecule has 4 rings (SSSR count). The molecular weight excluding hydrogens is 422 g/mol. The molecule has 0 bridgehead atoms. The summed E-state index contributed by atoms with van der Waals surface area (Å²) in [6.45, 7) is 3.61. The number of amides is 1. The zero-order chi connectivity index (χ0) is 21.3. The van der Waals surface area contributed by atoms with Crippen LogP contribution in [0.1, 0.15) is 12.5 Å². The lowest BCUT2D eigenvalue weighted by Crippen LogP contribution is -2.29. The Morgan fingerprint density at radius 3 is 2.67 bits per heavy atom. The summed E-state index contributed by atoms with van der Waals surface area (Å²) in [5.41, 5.74) is 3.68. The lowest BCUT2D eigenvalue weighted by atomic mass is 10.2. The molecule has 0 unspecified atom stereocenters. The summed E-state index contributed by atoms with van der Waals surface area (Å²) < 4.78 is 5.18. The summed E-state index contributed by atoms with van der Waals surface area (Å²) in [7, 11) is 1.62. The van der Waals surface area contributed by atoms with E-state index < -0.39 is 6.04 Å². The largest absolute Gasteiger partial charge is 0.497 e. The van der Waals surface area contributed by atoms with Gasteiger partial charge in [0.1, 0.15) is 5.75 Å².